The molecule has 0 heterocycles. The Bertz CT molecular complexity index is 378. The molecule has 18 heavy (non-hydrogen) atoms. The third-order valence-electron chi connectivity index (χ3n) is 3.01. The van der Waals surface area contributed by atoms with E-state index in [4.69, 9.17) is 17.3 Å². The van der Waals surface area contributed by atoms with E-state index in [2.05, 4.69) is 12.2 Å². The molecule has 100 valence electrons. The number of carbonyl (C=O) groups excluding carboxylic acids is 1. The van der Waals surface area contributed by atoms with Gasteiger partial charge in [0.1, 0.15) is 0 Å². The predicted octanol–water partition coefficient (Wildman–Crippen LogP) is 2.89. The maximum absolute atomic E-state index is 11.7. The highest BCUT2D eigenvalue weighted by Crippen LogP contribution is 2.16. The third-order valence-corrected chi connectivity index (χ3v) is 3.27. The van der Waals surface area contributed by atoms with Crippen LogP contribution in [0, 0.1) is 5.92 Å². The Morgan fingerprint density at radius 3 is 2.50 bits per heavy atom. The van der Waals surface area contributed by atoms with Crippen LogP contribution in [0.2, 0.25) is 5.02 Å². The summed E-state index contributed by atoms with van der Waals surface area (Å²) < 4.78 is 0. The second-order valence-corrected chi connectivity index (χ2v) is 5.16. The fourth-order valence-corrected chi connectivity index (χ4v) is 1.77. The molecule has 0 saturated carbocycles. The van der Waals surface area contributed by atoms with Gasteiger partial charge in [-0.25, -0.2) is 0 Å². The molecule has 2 atom stereocenters. The highest BCUT2D eigenvalue weighted by molar-refractivity contribution is 6.30. The highest BCUT2D eigenvalue weighted by atomic mass is 35.5. The smallest absolute Gasteiger partial charge is 0.220 e. The second kappa shape index (κ2) is 7.39. The van der Waals surface area contributed by atoms with Crippen molar-refractivity contribution in [1.29, 1.82) is 0 Å². The molecule has 3 nitrogen and oxygen atoms in total. The van der Waals surface area contributed by atoms with Gasteiger partial charge in [0.05, 0.1) is 6.04 Å². The molecule has 0 aromatic heterocycles. The lowest BCUT2D eigenvalue weighted by atomic mass is 10.0. The van der Waals surface area contributed by atoms with Gasteiger partial charge in [-0.3, -0.25) is 4.79 Å². The Hall–Kier alpha value is -1.06. The number of nitrogens with two attached hydrogens (primary N) is 1. The Labute approximate surface area is 114 Å². The van der Waals surface area contributed by atoms with E-state index in [9.17, 15) is 4.79 Å². The first kappa shape index (κ1) is 15.0. The van der Waals surface area contributed by atoms with E-state index in [1.807, 2.05) is 31.2 Å². The van der Waals surface area contributed by atoms with Crippen LogP contribution in [0.15, 0.2) is 24.3 Å². The minimum atomic E-state index is 0.00273. The molecular formula is C14H21ClN2O. The number of rotatable bonds is 6. The molecule has 2 unspecified atom stereocenters. The zero-order valence-electron chi connectivity index (χ0n) is 10.9. The minimum absolute atomic E-state index is 0.00273. The van der Waals surface area contributed by atoms with Gasteiger partial charge in [-0.2, -0.15) is 0 Å². The topological polar surface area (TPSA) is 55.1 Å². The van der Waals surface area contributed by atoms with Gasteiger partial charge in [0, 0.05) is 11.4 Å². The van der Waals surface area contributed by atoms with Crippen LogP contribution in [-0.2, 0) is 4.79 Å². The van der Waals surface area contributed by atoms with Crippen molar-refractivity contribution < 1.29 is 4.79 Å². The minimum Gasteiger partial charge on any atom is -0.350 e. The fourth-order valence-electron chi connectivity index (χ4n) is 1.64. The van der Waals surface area contributed by atoms with Crippen LogP contribution < -0.4 is 11.1 Å². The summed E-state index contributed by atoms with van der Waals surface area (Å²) in [6.45, 7) is 4.64. The predicted molar refractivity (Wildman–Crippen MR) is 75.5 cm³/mol. The number of benzene rings is 1. The molecule has 1 aromatic rings. The van der Waals surface area contributed by atoms with E-state index in [0.717, 1.165) is 12.0 Å². The number of nitrogens with one attached hydrogen (secondary N) is 1. The lowest BCUT2D eigenvalue weighted by Crippen LogP contribution is -2.27. The van der Waals surface area contributed by atoms with E-state index in [1.165, 1.54) is 0 Å². The first-order chi connectivity index (χ1) is 8.52. The molecule has 0 bridgehead atoms. The average molecular weight is 269 g/mol. The Balaban J connectivity index is 2.42. The quantitative estimate of drug-likeness (QED) is 0.834. The number of amides is 1. The zero-order chi connectivity index (χ0) is 13.5. The van der Waals surface area contributed by atoms with Crippen molar-refractivity contribution >= 4 is 17.5 Å². The Kier molecular flexibility index (Phi) is 6.16. The van der Waals surface area contributed by atoms with Gasteiger partial charge in [0.2, 0.25) is 5.91 Å². The molecule has 1 rings (SSSR count). The number of hydrogen-bond acceptors (Lipinski definition) is 2. The Morgan fingerprint density at radius 2 is 1.94 bits per heavy atom. The van der Waals surface area contributed by atoms with Crippen molar-refractivity contribution in [2.24, 2.45) is 11.7 Å². The molecule has 0 fully saturated rings. The fraction of sp³-hybridized carbons (Fsp3) is 0.500. The lowest BCUT2D eigenvalue weighted by Gasteiger charge is -2.15. The van der Waals surface area contributed by atoms with Crippen molar-refractivity contribution in [1.82, 2.24) is 5.32 Å². The Morgan fingerprint density at radius 1 is 1.33 bits per heavy atom. The van der Waals surface area contributed by atoms with Crippen LogP contribution in [0.25, 0.3) is 0 Å². The molecule has 1 aromatic carbocycles. The van der Waals surface area contributed by atoms with Crippen LogP contribution in [0.4, 0.5) is 0 Å². The van der Waals surface area contributed by atoms with Crippen LogP contribution in [0.1, 0.15) is 38.3 Å². The van der Waals surface area contributed by atoms with Gasteiger partial charge in [-0.15, -0.1) is 0 Å². The third kappa shape index (κ3) is 5.07. The van der Waals surface area contributed by atoms with E-state index >= 15 is 0 Å². The maximum atomic E-state index is 11.7. The molecule has 0 aliphatic heterocycles. The van der Waals surface area contributed by atoms with E-state index in [0.29, 0.717) is 23.9 Å². The van der Waals surface area contributed by atoms with Gasteiger partial charge in [0.25, 0.3) is 0 Å². The normalized spacial score (nSPS) is 14.0. The monoisotopic (exact) mass is 268 g/mol. The van der Waals surface area contributed by atoms with E-state index in [1.54, 1.807) is 0 Å². The first-order valence-electron chi connectivity index (χ1n) is 6.27. The molecule has 0 aliphatic rings. The van der Waals surface area contributed by atoms with Crippen molar-refractivity contribution in [3.05, 3.63) is 34.9 Å². The molecule has 4 heteroatoms. The van der Waals surface area contributed by atoms with Crippen molar-refractivity contribution in [3.63, 3.8) is 0 Å². The summed E-state index contributed by atoms with van der Waals surface area (Å²) in [5.74, 6) is 0.458. The van der Waals surface area contributed by atoms with Crippen molar-refractivity contribution in [2.75, 3.05) is 6.54 Å². The zero-order valence-corrected chi connectivity index (χ0v) is 11.7. The number of carbonyl (C=O) groups is 1. The molecule has 0 saturated heterocycles. The summed E-state index contributed by atoms with van der Waals surface area (Å²) in [5, 5.41) is 3.68. The largest absolute Gasteiger partial charge is 0.350 e. The van der Waals surface area contributed by atoms with Crippen molar-refractivity contribution in [3.8, 4) is 0 Å². The van der Waals surface area contributed by atoms with E-state index in [-0.39, 0.29) is 11.9 Å². The molecule has 0 aliphatic carbocycles. The number of hydrogen-bond donors (Lipinski definition) is 2. The highest BCUT2D eigenvalue weighted by Gasteiger charge is 2.10. The maximum Gasteiger partial charge on any atom is 0.220 e. The molecule has 0 radical (unpaired) electrons. The summed E-state index contributed by atoms with van der Waals surface area (Å²) in [6.07, 6.45) is 1.35. The average Bonchev–Trinajstić information content (AvgIpc) is 2.36. The van der Waals surface area contributed by atoms with Gasteiger partial charge in [-0.1, -0.05) is 30.7 Å². The molecule has 1 amide bonds. The summed E-state index contributed by atoms with van der Waals surface area (Å²) in [4.78, 5) is 11.7. The molecule has 0 spiro atoms. The lowest BCUT2D eigenvalue weighted by molar-refractivity contribution is -0.122. The van der Waals surface area contributed by atoms with E-state index < -0.39 is 0 Å². The summed E-state index contributed by atoms with van der Waals surface area (Å²) in [6, 6.07) is 7.51. The van der Waals surface area contributed by atoms with Gasteiger partial charge < -0.3 is 11.1 Å². The summed E-state index contributed by atoms with van der Waals surface area (Å²) in [5.41, 5.74) is 6.58. The van der Waals surface area contributed by atoms with Crippen LogP contribution in [-0.4, -0.2) is 12.5 Å². The SMILES string of the molecule is CC(CN)CCC(=O)NC(C)c1ccc(Cl)cc1. The van der Waals surface area contributed by atoms with Crippen LogP contribution in [0.3, 0.4) is 0 Å². The van der Waals surface area contributed by atoms with Crippen LogP contribution >= 0.6 is 11.6 Å². The van der Waals surface area contributed by atoms with Gasteiger partial charge in [-0.05, 0) is 43.5 Å². The summed E-state index contributed by atoms with van der Waals surface area (Å²) in [7, 11) is 0. The van der Waals surface area contributed by atoms with Crippen LogP contribution in [0.5, 0.6) is 0 Å². The first-order valence-corrected chi connectivity index (χ1v) is 6.65. The molecular weight excluding hydrogens is 248 g/mol. The molecule has 3 N–H and O–H groups in total. The van der Waals surface area contributed by atoms with Gasteiger partial charge in [0.15, 0.2) is 0 Å². The summed E-state index contributed by atoms with van der Waals surface area (Å²) >= 11 is 5.82. The number of halogens is 1. The standard InChI is InChI=1S/C14H21ClN2O/c1-10(9-16)3-8-14(18)17-11(2)12-4-6-13(15)7-5-12/h4-7,10-11H,3,8-9,16H2,1-2H3,(H,17,18). The van der Waals surface area contributed by atoms with Gasteiger partial charge >= 0.3 is 0 Å². The van der Waals surface area contributed by atoms with Crippen molar-refractivity contribution in [2.45, 2.75) is 32.7 Å². The second-order valence-electron chi connectivity index (χ2n) is 4.72.